The monoisotopic (exact) mass is 443 g/mol. The molecule has 0 saturated heterocycles. The number of hydrogen-bond donors (Lipinski definition) is 2. The van der Waals surface area contributed by atoms with Crippen LogP contribution in [0, 0.1) is 0 Å². The van der Waals surface area contributed by atoms with Crippen molar-refractivity contribution in [1.29, 1.82) is 0 Å². The third-order valence-corrected chi connectivity index (χ3v) is 4.88. The van der Waals surface area contributed by atoms with Gasteiger partial charge in [0.1, 0.15) is 17.2 Å². The molecular weight excluding hydrogens is 410 g/mol. The molecule has 0 atom stereocenters. The van der Waals surface area contributed by atoms with Crippen LogP contribution in [-0.4, -0.2) is 81.1 Å². The van der Waals surface area contributed by atoms with E-state index < -0.39 is 0 Å². The van der Waals surface area contributed by atoms with Crippen LogP contribution in [0.3, 0.4) is 0 Å². The summed E-state index contributed by atoms with van der Waals surface area (Å²) in [6.07, 6.45) is 1.57. The molecule has 9 heteroatoms. The average Bonchev–Trinajstić information content (AvgIpc) is 2.79. The van der Waals surface area contributed by atoms with E-state index in [0.717, 1.165) is 6.54 Å². The van der Waals surface area contributed by atoms with E-state index in [1.807, 2.05) is 30.8 Å². The fourth-order valence-corrected chi connectivity index (χ4v) is 3.07. The molecule has 0 unspecified atom stereocenters. The van der Waals surface area contributed by atoms with Gasteiger partial charge in [-0.15, -0.1) is 0 Å². The zero-order valence-electron chi connectivity index (χ0n) is 19.5. The lowest BCUT2D eigenvalue weighted by Gasteiger charge is -2.23. The molecule has 2 aromatic rings. The van der Waals surface area contributed by atoms with Gasteiger partial charge in [-0.1, -0.05) is 6.07 Å². The lowest BCUT2D eigenvalue weighted by molar-refractivity contribution is -0.130. The van der Waals surface area contributed by atoms with Crippen LogP contribution in [0.15, 0.2) is 36.5 Å². The van der Waals surface area contributed by atoms with Crippen LogP contribution in [0.4, 0.5) is 5.69 Å². The van der Waals surface area contributed by atoms with Crippen molar-refractivity contribution in [3.8, 4) is 11.5 Å². The van der Waals surface area contributed by atoms with Gasteiger partial charge in [-0.3, -0.25) is 14.6 Å². The first kappa shape index (κ1) is 25.1. The number of ether oxygens (including phenoxy) is 2. The molecule has 1 aromatic heterocycles. The second-order valence-corrected chi connectivity index (χ2v) is 7.41. The topological polar surface area (TPSA) is 96.0 Å². The van der Waals surface area contributed by atoms with E-state index in [4.69, 9.17) is 9.47 Å². The summed E-state index contributed by atoms with van der Waals surface area (Å²) >= 11 is 0. The highest BCUT2D eigenvalue weighted by Gasteiger charge is 2.15. The quantitative estimate of drug-likeness (QED) is 0.517. The number of pyridine rings is 1. The predicted octanol–water partition coefficient (Wildman–Crippen LogP) is 1.85. The molecule has 1 heterocycles. The van der Waals surface area contributed by atoms with Gasteiger partial charge in [-0.25, -0.2) is 0 Å². The molecule has 2 N–H and O–H groups in total. The van der Waals surface area contributed by atoms with Crippen LogP contribution in [0.1, 0.15) is 23.0 Å². The van der Waals surface area contributed by atoms with Crippen LogP contribution >= 0.6 is 0 Å². The Hall–Kier alpha value is -3.17. The van der Waals surface area contributed by atoms with Gasteiger partial charge in [-0.2, -0.15) is 0 Å². The molecule has 0 radical (unpaired) electrons. The number of anilines is 1. The lowest BCUT2D eigenvalue weighted by Crippen LogP contribution is -2.41. The number of rotatable bonds is 12. The molecule has 0 aliphatic rings. The lowest BCUT2D eigenvalue weighted by atomic mass is 10.2. The number of methoxy groups -OCH3 is 2. The normalized spacial score (nSPS) is 10.7. The number of likely N-dealkylation sites (N-methyl/N-ethyl adjacent to an activating group) is 2. The number of carbonyl (C=O) groups excluding carboxylic acids is 2. The van der Waals surface area contributed by atoms with Crippen LogP contribution in [-0.2, 0) is 11.3 Å². The van der Waals surface area contributed by atoms with Gasteiger partial charge in [0.15, 0.2) is 0 Å². The van der Waals surface area contributed by atoms with Gasteiger partial charge in [0, 0.05) is 37.9 Å². The van der Waals surface area contributed by atoms with Crippen molar-refractivity contribution in [3.63, 3.8) is 0 Å². The Labute approximate surface area is 189 Å². The van der Waals surface area contributed by atoms with Crippen molar-refractivity contribution in [1.82, 2.24) is 20.1 Å². The van der Waals surface area contributed by atoms with E-state index in [9.17, 15) is 9.59 Å². The van der Waals surface area contributed by atoms with Crippen LogP contribution in [0.2, 0.25) is 0 Å². The van der Waals surface area contributed by atoms with Gasteiger partial charge in [0.2, 0.25) is 5.91 Å². The fraction of sp³-hybridized carbons (Fsp3) is 0.435. The maximum Gasteiger partial charge on any atom is 0.255 e. The smallest absolute Gasteiger partial charge is 0.255 e. The van der Waals surface area contributed by atoms with E-state index >= 15 is 0 Å². The van der Waals surface area contributed by atoms with Crippen molar-refractivity contribution in [3.05, 3.63) is 47.8 Å². The van der Waals surface area contributed by atoms with Gasteiger partial charge in [0.05, 0.1) is 26.5 Å². The molecule has 9 nitrogen and oxygen atoms in total. The van der Waals surface area contributed by atoms with Gasteiger partial charge in [-0.05, 0) is 45.3 Å². The molecular formula is C23H33N5O4. The molecule has 32 heavy (non-hydrogen) atoms. The first-order chi connectivity index (χ1) is 15.4. The van der Waals surface area contributed by atoms with Gasteiger partial charge in [0.25, 0.3) is 5.91 Å². The molecule has 0 aliphatic heterocycles. The summed E-state index contributed by atoms with van der Waals surface area (Å²) in [5.74, 6) is 0.726. The molecule has 0 aliphatic carbocycles. The summed E-state index contributed by atoms with van der Waals surface area (Å²) in [4.78, 5) is 33.4. The van der Waals surface area contributed by atoms with Crippen LogP contribution in [0.25, 0.3) is 0 Å². The summed E-state index contributed by atoms with van der Waals surface area (Å²) in [6, 6.07) is 8.60. The molecule has 2 rings (SSSR count). The number of nitrogens with zero attached hydrogens (tertiary/aromatic N) is 3. The minimum Gasteiger partial charge on any atom is -0.494 e. The van der Waals surface area contributed by atoms with Crippen molar-refractivity contribution in [2.45, 2.75) is 13.5 Å². The third-order valence-electron chi connectivity index (χ3n) is 4.88. The van der Waals surface area contributed by atoms with Crippen LogP contribution in [0.5, 0.6) is 11.5 Å². The first-order valence-electron chi connectivity index (χ1n) is 10.5. The fourth-order valence-electron chi connectivity index (χ4n) is 3.07. The Balaban J connectivity index is 1.98. The number of benzene rings is 1. The van der Waals surface area contributed by atoms with Gasteiger partial charge >= 0.3 is 0 Å². The van der Waals surface area contributed by atoms with E-state index in [0.29, 0.717) is 48.1 Å². The minimum absolute atomic E-state index is 0.0338. The molecule has 1 aromatic carbocycles. The third kappa shape index (κ3) is 7.21. The summed E-state index contributed by atoms with van der Waals surface area (Å²) in [6.45, 7) is 4.70. The maximum atomic E-state index is 12.8. The maximum absolute atomic E-state index is 12.8. The Morgan fingerprint density at radius 3 is 2.34 bits per heavy atom. The highest BCUT2D eigenvalue weighted by atomic mass is 16.5. The SMILES string of the molecule is CCN(CCN(C)C)C(=O)CNCc1cc(C(=O)Nc2c(OC)cccc2OC)ccn1. The molecule has 0 bridgehead atoms. The first-order valence-corrected chi connectivity index (χ1v) is 10.5. The highest BCUT2D eigenvalue weighted by Crippen LogP contribution is 2.34. The Morgan fingerprint density at radius 2 is 1.75 bits per heavy atom. The average molecular weight is 444 g/mol. The predicted molar refractivity (Wildman–Crippen MR) is 124 cm³/mol. The highest BCUT2D eigenvalue weighted by molar-refractivity contribution is 6.06. The van der Waals surface area contributed by atoms with E-state index in [2.05, 4.69) is 15.6 Å². The molecule has 0 fully saturated rings. The van der Waals surface area contributed by atoms with Crippen molar-refractivity contribution in [2.24, 2.45) is 0 Å². The number of amides is 2. The van der Waals surface area contributed by atoms with Gasteiger partial charge < -0.3 is 29.9 Å². The Morgan fingerprint density at radius 1 is 1.06 bits per heavy atom. The largest absolute Gasteiger partial charge is 0.494 e. The number of hydrogen-bond acceptors (Lipinski definition) is 7. The van der Waals surface area contributed by atoms with E-state index in [1.165, 1.54) is 14.2 Å². The van der Waals surface area contributed by atoms with Crippen LogP contribution < -0.4 is 20.1 Å². The summed E-state index contributed by atoms with van der Waals surface area (Å²) in [5, 5.41) is 5.96. The number of para-hydroxylation sites is 1. The number of nitrogens with one attached hydrogen (secondary N) is 2. The molecule has 0 spiro atoms. The van der Waals surface area contributed by atoms with E-state index in [-0.39, 0.29) is 18.4 Å². The molecule has 2 amide bonds. The summed E-state index contributed by atoms with van der Waals surface area (Å²) in [5.41, 5.74) is 1.56. The van der Waals surface area contributed by atoms with Crippen molar-refractivity contribution < 1.29 is 19.1 Å². The Bertz CT molecular complexity index is 881. The van der Waals surface area contributed by atoms with E-state index in [1.54, 1.807) is 36.5 Å². The van der Waals surface area contributed by atoms with Crippen molar-refractivity contribution in [2.75, 3.05) is 59.8 Å². The summed E-state index contributed by atoms with van der Waals surface area (Å²) < 4.78 is 10.7. The molecule has 0 saturated carbocycles. The summed E-state index contributed by atoms with van der Waals surface area (Å²) in [7, 11) is 7.02. The zero-order valence-corrected chi connectivity index (χ0v) is 19.5. The molecule has 174 valence electrons. The minimum atomic E-state index is -0.312. The van der Waals surface area contributed by atoms with Crippen molar-refractivity contribution >= 4 is 17.5 Å². The second-order valence-electron chi connectivity index (χ2n) is 7.41. The zero-order chi connectivity index (χ0) is 23.5. The number of carbonyl (C=O) groups is 2. The number of aromatic nitrogens is 1. The second kappa shape index (κ2) is 12.6. The Kier molecular flexibility index (Phi) is 9.90. The standard InChI is InChI=1S/C23H33N5O4/c1-6-28(13-12-27(2)3)21(29)16-24-15-18-14-17(10-11-25-18)23(30)26-22-19(31-4)8-7-9-20(22)32-5/h7-11,14,24H,6,12-13,15-16H2,1-5H3,(H,26,30).